The molecule has 0 unspecified atom stereocenters. The van der Waals surface area contributed by atoms with E-state index < -0.39 is 0 Å². The zero-order valence-electron chi connectivity index (χ0n) is 8.90. The molecule has 2 saturated heterocycles. The molecule has 0 radical (unpaired) electrons. The number of nitrogens with zero attached hydrogens (tertiary/aromatic N) is 2. The molecule has 0 aromatic heterocycles. The number of ether oxygens (including phenoxy) is 1. The molecule has 1 amide bonds. The molecule has 4 nitrogen and oxygen atoms in total. The summed E-state index contributed by atoms with van der Waals surface area (Å²) in [5, 5.41) is 0. The lowest BCUT2D eigenvalue weighted by Crippen LogP contribution is -2.44. The van der Waals surface area contributed by atoms with Crippen molar-refractivity contribution in [2.75, 3.05) is 33.8 Å². The summed E-state index contributed by atoms with van der Waals surface area (Å²) in [5.74, 6) is 0.239. The SMILES string of the molecule is CN(C)C(=O)[C@H]1CCCN1C[C@@H]1CO1. The molecule has 2 rings (SSSR count). The topological polar surface area (TPSA) is 36.1 Å². The van der Waals surface area contributed by atoms with Gasteiger partial charge in [0.25, 0.3) is 0 Å². The Morgan fingerprint density at radius 3 is 2.86 bits per heavy atom. The van der Waals surface area contributed by atoms with Gasteiger partial charge < -0.3 is 9.64 Å². The number of likely N-dealkylation sites (tertiary alicyclic amines) is 1. The number of carbonyl (C=O) groups is 1. The Labute approximate surface area is 84.8 Å². The van der Waals surface area contributed by atoms with Crippen molar-refractivity contribution in [3.05, 3.63) is 0 Å². The third-order valence-corrected chi connectivity index (χ3v) is 2.93. The summed E-state index contributed by atoms with van der Waals surface area (Å²) in [6.45, 7) is 2.85. The van der Waals surface area contributed by atoms with E-state index in [1.807, 2.05) is 14.1 Å². The molecule has 2 fully saturated rings. The van der Waals surface area contributed by atoms with E-state index in [9.17, 15) is 4.79 Å². The molecule has 0 spiro atoms. The van der Waals surface area contributed by atoms with E-state index in [0.29, 0.717) is 6.10 Å². The molecule has 80 valence electrons. The van der Waals surface area contributed by atoms with Crippen LogP contribution in [0.2, 0.25) is 0 Å². The Morgan fingerprint density at radius 2 is 2.29 bits per heavy atom. The predicted octanol–water partition coefficient (Wildman–Crippen LogP) is -0.0622. The first-order valence-electron chi connectivity index (χ1n) is 5.25. The zero-order valence-corrected chi connectivity index (χ0v) is 8.90. The molecule has 2 atom stereocenters. The molecule has 0 aromatic rings. The molecule has 0 N–H and O–H groups in total. The fraction of sp³-hybridized carbons (Fsp3) is 0.900. The van der Waals surface area contributed by atoms with Gasteiger partial charge in [0.2, 0.25) is 5.91 Å². The maximum absolute atomic E-state index is 11.8. The van der Waals surface area contributed by atoms with Crippen molar-refractivity contribution >= 4 is 5.91 Å². The molecule has 2 heterocycles. The Bertz CT molecular complexity index is 226. The first-order valence-corrected chi connectivity index (χ1v) is 5.25. The lowest BCUT2D eigenvalue weighted by Gasteiger charge is -2.25. The highest BCUT2D eigenvalue weighted by atomic mass is 16.6. The van der Waals surface area contributed by atoms with E-state index in [-0.39, 0.29) is 11.9 Å². The van der Waals surface area contributed by atoms with E-state index in [0.717, 1.165) is 32.5 Å². The molecular formula is C10H18N2O2. The third-order valence-electron chi connectivity index (χ3n) is 2.93. The van der Waals surface area contributed by atoms with Gasteiger partial charge in [0, 0.05) is 20.6 Å². The van der Waals surface area contributed by atoms with Crippen molar-refractivity contribution in [3.8, 4) is 0 Å². The minimum Gasteiger partial charge on any atom is -0.372 e. The van der Waals surface area contributed by atoms with Crippen molar-refractivity contribution in [2.45, 2.75) is 25.0 Å². The van der Waals surface area contributed by atoms with Crippen molar-refractivity contribution in [3.63, 3.8) is 0 Å². The van der Waals surface area contributed by atoms with Gasteiger partial charge in [-0.2, -0.15) is 0 Å². The van der Waals surface area contributed by atoms with Crippen LogP contribution in [0.3, 0.4) is 0 Å². The van der Waals surface area contributed by atoms with Crippen LogP contribution in [0.15, 0.2) is 0 Å². The number of likely N-dealkylation sites (N-methyl/N-ethyl adjacent to an activating group) is 1. The predicted molar refractivity (Wildman–Crippen MR) is 53.0 cm³/mol. The van der Waals surface area contributed by atoms with Gasteiger partial charge in [0.05, 0.1) is 18.8 Å². The molecule has 2 aliphatic rings. The number of hydrogen-bond acceptors (Lipinski definition) is 3. The summed E-state index contributed by atoms with van der Waals surface area (Å²) in [4.78, 5) is 15.8. The molecule has 0 saturated carbocycles. The highest BCUT2D eigenvalue weighted by Crippen LogP contribution is 2.22. The summed E-state index contributed by atoms with van der Waals surface area (Å²) in [6, 6.07) is 0.106. The van der Waals surface area contributed by atoms with Crippen LogP contribution in [-0.2, 0) is 9.53 Å². The summed E-state index contributed by atoms with van der Waals surface area (Å²) in [6.07, 6.45) is 2.53. The van der Waals surface area contributed by atoms with Crippen molar-refractivity contribution in [1.29, 1.82) is 0 Å². The number of epoxide rings is 1. The lowest BCUT2D eigenvalue weighted by atomic mass is 10.2. The van der Waals surface area contributed by atoms with Gasteiger partial charge in [0.15, 0.2) is 0 Å². The van der Waals surface area contributed by atoms with Crippen molar-refractivity contribution in [1.82, 2.24) is 9.80 Å². The Hall–Kier alpha value is -0.610. The summed E-state index contributed by atoms with van der Waals surface area (Å²) < 4.78 is 5.19. The second kappa shape index (κ2) is 3.87. The molecule has 0 bridgehead atoms. The van der Waals surface area contributed by atoms with Crippen molar-refractivity contribution in [2.24, 2.45) is 0 Å². The maximum atomic E-state index is 11.8. The average molecular weight is 198 g/mol. The second-order valence-corrected chi connectivity index (χ2v) is 4.34. The summed E-state index contributed by atoms with van der Waals surface area (Å²) in [5.41, 5.74) is 0. The smallest absolute Gasteiger partial charge is 0.239 e. The van der Waals surface area contributed by atoms with Crippen LogP contribution in [0.1, 0.15) is 12.8 Å². The van der Waals surface area contributed by atoms with Gasteiger partial charge >= 0.3 is 0 Å². The maximum Gasteiger partial charge on any atom is 0.239 e. The Kier molecular flexibility index (Phi) is 2.74. The normalized spacial score (nSPS) is 31.9. The zero-order chi connectivity index (χ0) is 10.1. The average Bonchev–Trinajstić information content (AvgIpc) is 2.82. The van der Waals surface area contributed by atoms with E-state index in [2.05, 4.69) is 4.90 Å². The lowest BCUT2D eigenvalue weighted by molar-refractivity contribution is -0.133. The molecule has 14 heavy (non-hydrogen) atoms. The van der Waals surface area contributed by atoms with E-state index in [4.69, 9.17) is 4.74 Å². The number of rotatable bonds is 3. The van der Waals surface area contributed by atoms with Crippen LogP contribution in [0, 0.1) is 0 Å². The third kappa shape index (κ3) is 2.07. The monoisotopic (exact) mass is 198 g/mol. The molecule has 0 aromatic carbocycles. The second-order valence-electron chi connectivity index (χ2n) is 4.34. The van der Waals surface area contributed by atoms with E-state index in [1.54, 1.807) is 4.90 Å². The highest BCUT2D eigenvalue weighted by Gasteiger charge is 2.35. The number of carbonyl (C=O) groups excluding carboxylic acids is 1. The Balaban J connectivity index is 1.91. The molecular weight excluding hydrogens is 180 g/mol. The summed E-state index contributed by atoms with van der Waals surface area (Å²) in [7, 11) is 3.65. The standard InChI is InChI=1S/C10H18N2O2/c1-11(2)10(13)9-4-3-5-12(9)6-8-7-14-8/h8-9H,3-7H2,1-2H3/t8-,9-/m1/s1. The van der Waals surface area contributed by atoms with Crippen LogP contribution in [-0.4, -0.2) is 61.6 Å². The van der Waals surface area contributed by atoms with E-state index >= 15 is 0 Å². The molecule has 2 aliphatic heterocycles. The van der Waals surface area contributed by atoms with Crippen LogP contribution < -0.4 is 0 Å². The Morgan fingerprint density at radius 1 is 1.57 bits per heavy atom. The number of amides is 1. The quantitative estimate of drug-likeness (QED) is 0.596. The van der Waals surface area contributed by atoms with Crippen LogP contribution >= 0.6 is 0 Å². The summed E-state index contributed by atoms with van der Waals surface area (Å²) >= 11 is 0. The van der Waals surface area contributed by atoms with Gasteiger partial charge in [0.1, 0.15) is 0 Å². The van der Waals surface area contributed by atoms with Gasteiger partial charge in [-0.3, -0.25) is 9.69 Å². The van der Waals surface area contributed by atoms with Crippen molar-refractivity contribution < 1.29 is 9.53 Å². The molecule has 0 aliphatic carbocycles. The van der Waals surface area contributed by atoms with E-state index in [1.165, 1.54) is 0 Å². The molecule has 4 heteroatoms. The minimum absolute atomic E-state index is 0.106. The van der Waals surface area contributed by atoms with Crippen LogP contribution in [0.4, 0.5) is 0 Å². The number of hydrogen-bond donors (Lipinski definition) is 0. The van der Waals surface area contributed by atoms with Crippen LogP contribution in [0.5, 0.6) is 0 Å². The van der Waals surface area contributed by atoms with Gasteiger partial charge in [-0.15, -0.1) is 0 Å². The fourth-order valence-electron chi connectivity index (χ4n) is 2.06. The highest BCUT2D eigenvalue weighted by molar-refractivity contribution is 5.81. The minimum atomic E-state index is 0.106. The van der Waals surface area contributed by atoms with Gasteiger partial charge in [-0.1, -0.05) is 0 Å². The first kappa shape index (κ1) is 9.93. The first-order chi connectivity index (χ1) is 6.68. The largest absolute Gasteiger partial charge is 0.372 e. The van der Waals surface area contributed by atoms with Gasteiger partial charge in [-0.05, 0) is 19.4 Å². The fourth-order valence-corrected chi connectivity index (χ4v) is 2.06. The van der Waals surface area contributed by atoms with Crippen LogP contribution in [0.25, 0.3) is 0 Å². The van der Waals surface area contributed by atoms with Gasteiger partial charge in [-0.25, -0.2) is 0 Å².